The topological polar surface area (TPSA) is 148 Å². The van der Waals surface area contributed by atoms with E-state index in [4.69, 9.17) is 45.8 Å². The fourth-order valence-corrected chi connectivity index (χ4v) is 6.04. The Hall–Kier alpha value is -5.05. The molecule has 7 aromatic carbocycles. The first-order valence-corrected chi connectivity index (χ1v) is 20.2. The third kappa shape index (κ3) is 21.7. The molecule has 297 valence electrons. The van der Waals surface area contributed by atoms with Crippen molar-refractivity contribution >= 4 is 17.2 Å². The van der Waals surface area contributed by atoms with E-state index in [2.05, 4.69) is 19.1 Å². The molecule has 0 aliphatic rings. The normalized spacial score (nSPS) is 10.0. The van der Waals surface area contributed by atoms with Crippen LogP contribution in [0.3, 0.4) is 0 Å². The Bertz CT molecular complexity index is 1680. The van der Waals surface area contributed by atoms with Crippen LogP contribution in [0.1, 0.15) is 5.56 Å². The zero-order valence-electron chi connectivity index (χ0n) is 30.4. The van der Waals surface area contributed by atoms with E-state index < -0.39 is 27.4 Å². The van der Waals surface area contributed by atoms with E-state index in [1.54, 1.807) is 0 Å². The fraction of sp³-hybridized carbons (Fsp3) is 0.0233. The SMILES string of the molecule is Cc1ccccc1.[O-][Cl+3]([O-])([O-])[O-].[Rh].c1ccc(OP(Oc2ccccc2)Oc2ccccc2)cc1.c1ccc(OP(Oc2ccccc2)Oc2ccccc2)cc1. The van der Waals surface area contributed by atoms with E-state index in [0.717, 1.165) is 0 Å². The third-order valence-electron chi connectivity index (χ3n) is 6.48. The van der Waals surface area contributed by atoms with Crippen molar-refractivity contribution in [3.63, 3.8) is 0 Å². The third-order valence-corrected chi connectivity index (χ3v) is 8.64. The van der Waals surface area contributed by atoms with Gasteiger partial charge in [-0.2, -0.15) is 0 Å². The first-order valence-electron chi connectivity index (χ1n) is 16.8. The summed E-state index contributed by atoms with van der Waals surface area (Å²) in [6.07, 6.45) is 0. The van der Waals surface area contributed by atoms with Gasteiger partial charge in [-0.25, -0.2) is 18.6 Å². The second kappa shape index (κ2) is 26.7. The van der Waals surface area contributed by atoms with Crippen molar-refractivity contribution in [3.8, 4) is 34.5 Å². The molecule has 0 unspecified atom stereocenters. The van der Waals surface area contributed by atoms with Crippen LogP contribution in [-0.4, -0.2) is 0 Å². The van der Waals surface area contributed by atoms with Crippen molar-refractivity contribution in [3.05, 3.63) is 218 Å². The predicted molar refractivity (Wildman–Crippen MR) is 207 cm³/mol. The number of para-hydroxylation sites is 6. The summed E-state index contributed by atoms with van der Waals surface area (Å²) in [5, 5.41) is 0. The van der Waals surface area contributed by atoms with Crippen molar-refractivity contribution in [2.24, 2.45) is 0 Å². The van der Waals surface area contributed by atoms with Gasteiger partial charge < -0.3 is 27.1 Å². The molecule has 0 amide bonds. The molecule has 57 heavy (non-hydrogen) atoms. The molecule has 0 spiro atoms. The molecule has 14 heteroatoms. The minimum atomic E-state index is -4.94. The standard InChI is InChI=1S/2C18H15O3P.C7H8.ClHO4.Rh/c2*1-4-10-16(11-5-1)19-22(20-17-12-6-2-7-13-17)21-18-14-8-3-9-15-18;1-7-5-3-2-4-6-7;2-1(3,4)5;/h2*1-15H;2-6H,1H3;(H,2,3,4,5);/p-1. The summed E-state index contributed by atoms with van der Waals surface area (Å²) in [6, 6.07) is 67.3. The maximum Gasteiger partial charge on any atom is 0.530 e. The molecule has 0 aromatic heterocycles. The van der Waals surface area contributed by atoms with Gasteiger partial charge in [-0.1, -0.05) is 145 Å². The Labute approximate surface area is 350 Å². The summed E-state index contributed by atoms with van der Waals surface area (Å²) in [5.41, 5.74) is 1.32. The van der Waals surface area contributed by atoms with E-state index in [-0.39, 0.29) is 19.5 Å². The summed E-state index contributed by atoms with van der Waals surface area (Å²) < 4.78 is 69.0. The fourth-order valence-electron chi connectivity index (χ4n) is 4.05. The molecule has 0 heterocycles. The molecule has 0 N–H and O–H groups in total. The summed E-state index contributed by atoms with van der Waals surface area (Å²) in [6.45, 7) is 2.08. The van der Waals surface area contributed by atoms with Gasteiger partial charge in [0.15, 0.2) is 0 Å². The Morgan fingerprint density at radius 3 is 0.561 bits per heavy atom. The number of aryl methyl sites for hydroxylation is 1. The van der Waals surface area contributed by atoms with Crippen LogP contribution >= 0.6 is 17.2 Å². The Kier molecular flexibility index (Phi) is 21.7. The van der Waals surface area contributed by atoms with Gasteiger partial charge in [-0.05, 0) is 79.7 Å². The van der Waals surface area contributed by atoms with Crippen molar-refractivity contribution in [2.45, 2.75) is 6.92 Å². The van der Waals surface area contributed by atoms with Crippen LogP contribution in [-0.2, 0) is 19.5 Å². The zero-order chi connectivity index (χ0) is 39.7. The van der Waals surface area contributed by atoms with Crippen LogP contribution < -0.4 is 45.8 Å². The molecule has 0 saturated heterocycles. The number of benzene rings is 7. The minimum absolute atomic E-state index is 0. The van der Waals surface area contributed by atoms with E-state index in [1.165, 1.54) is 5.56 Å². The first kappa shape index (κ1) is 46.3. The Morgan fingerprint density at radius 1 is 0.298 bits per heavy atom. The van der Waals surface area contributed by atoms with E-state index >= 15 is 0 Å². The predicted octanol–water partition coefficient (Wildman–Crippen LogP) is 8.14. The summed E-state index contributed by atoms with van der Waals surface area (Å²) in [4.78, 5) is 0. The number of rotatable bonds is 12. The van der Waals surface area contributed by atoms with Crippen molar-refractivity contribution in [1.29, 1.82) is 0 Å². The van der Waals surface area contributed by atoms with Gasteiger partial charge in [-0.3, -0.25) is 0 Å². The second-order valence-corrected chi connectivity index (χ2v) is 13.7. The molecule has 7 aromatic rings. The monoisotopic (exact) mass is 914 g/mol. The van der Waals surface area contributed by atoms with Crippen molar-refractivity contribution < 1.29 is 75.5 Å². The molecule has 0 saturated carbocycles. The summed E-state index contributed by atoms with van der Waals surface area (Å²) in [7, 11) is -8.12. The average molecular weight is 915 g/mol. The first-order chi connectivity index (χ1) is 27.2. The maximum absolute atomic E-state index is 8.49. The molecule has 1 radical (unpaired) electrons. The van der Waals surface area contributed by atoms with Gasteiger partial charge in [0.05, 0.1) is 0 Å². The Balaban J connectivity index is 0.000000234. The van der Waals surface area contributed by atoms with Crippen LogP contribution in [0.5, 0.6) is 34.5 Å². The molecule has 0 aliphatic carbocycles. The van der Waals surface area contributed by atoms with Gasteiger partial charge in [0, 0.05) is 19.5 Å². The molecular formula is C43H38ClO10P2Rh-. The zero-order valence-corrected chi connectivity index (χ0v) is 34.6. The van der Waals surface area contributed by atoms with Crippen LogP contribution in [0.25, 0.3) is 0 Å². The molecular weight excluding hydrogens is 877 g/mol. The van der Waals surface area contributed by atoms with Crippen LogP contribution in [0, 0.1) is 17.2 Å². The largest absolute Gasteiger partial charge is 0.530 e. The van der Waals surface area contributed by atoms with Gasteiger partial charge in [0.25, 0.3) is 0 Å². The molecule has 0 bridgehead atoms. The molecule has 7 rings (SSSR count). The number of hydrogen-bond acceptors (Lipinski definition) is 10. The van der Waals surface area contributed by atoms with E-state index in [0.29, 0.717) is 34.5 Å². The quantitative estimate of drug-likeness (QED) is 0.0870. The van der Waals surface area contributed by atoms with Gasteiger partial charge >= 0.3 is 17.2 Å². The van der Waals surface area contributed by atoms with Crippen LogP contribution in [0.4, 0.5) is 0 Å². The van der Waals surface area contributed by atoms with E-state index in [9.17, 15) is 0 Å². The molecule has 0 atom stereocenters. The summed E-state index contributed by atoms with van der Waals surface area (Å²) in [5.74, 6) is 4.25. The molecule has 10 nitrogen and oxygen atoms in total. The maximum atomic E-state index is 8.49. The number of hydrogen-bond donors (Lipinski definition) is 0. The summed E-state index contributed by atoms with van der Waals surface area (Å²) >= 11 is 0. The smallest absolute Gasteiger partial charge is 0.409 e. The molecule has 0 aliphatic heterocycles. The van der Waals surface area contributed by atoms with Gasteiger partial charge in [0.1, 0.15) is 34.5 Å². The second-order valence-electron chi connectivity index (χ2n) is 10.9. The van der Waals surface area contributed by atoms with Crippen LogP contribution in [0.2, 0.25) is 0 Å². The molecule has 0 fully saturated rings. The van der Waals surface area contributed by atoms with Crippen LogP contribution in [0.15, 0.2) is 212 Å². The average Bonchev–Trinajstić information content (AvgIpc) is 3.20. The Morgan fingerprint density at radius 2 is 0.439 bits per heavy atom. The number of halogens is 1. The van der Waals surface area contributed by atoms with Gasteiger partial charge in [-0.15, -0.1) is 10.2 Å². The minimum Gasteiger partial charge on any atom is -0.409 e. The van der Waals surface area contributed by atoms with Crippen molar-refractivity contribution in [2.75, 3.05) is 0 Å². The van der Waals surface area contributed by atoms with Gasteiger partial charge in [0.2, 0.25) is 0 Å². The van der Waals surface area contributed by atoms with Crippen molar-refractivity contribution in [1.82, 2.24) is 0 Å². The van der Waals surface area contributed by atoms with E-state index in [1.807, 2.05) is 200 Å².